The number of guanidine groups is 1. The van der Waals surface area contributed by atoms with Gasteiger partial charge in [-0.15, -0.1) is 0 Å². The molecule has 2 rings (SSSR count). The van der Waals surface area contributed by atoms with Crippen LogP contribution in [0.5, 0.6) is 11.5 Å². The summed E-state index contributed by atoms with van der Waals surface area (Å²) in [5.41, 5.74) is 2.02. The van der Waals surface area contributed by atoms with E-state index in [9.17, 15) is 0 Å². The normalized spacial score (nSPS) is 11.0. The summed E-state index contributed by atoms with van der Waals surface area (Å²) in [4.78, 5) is 4.62. The summed E-state index contributed by atoms with van der Waals surface area (Å²) >= 11 is 0. The molecule has 0 amide bonds. The van der Waals surface area contributed by atoms with Crippen LogP contribution in [0, 0.1) is 0 Å². The van der Waals surface area contributed by atoms with Crippen LogP contribution in [0.25, 0.3) is 0 Å². The van der Waals surface area contributed by atoms with Crippen LogP contribution in [0.3, 0.4) is 0 Å². The van der Waals surface area contributed by atoms with E-state index in [1.807, 2.05) is 43.3 Å². The largest absolute Gasteiger partial charge is 0.493 e. The molecule has 0 saturated heterocycles. The van der Waals surface area contributed by atoms with Gasteiger partial charge in [0.15, 0.2) is 17.5 Å². The van der Waals surface area contributed by atoms with E-state index in [-0.39, 0.29) is 0 Å². The molecule has 26 heavy (non-hydrogen) atoms. The van der Waals surface area contributed by atoms with E-state index in [0.717, 1.165) is 43.4 Å². The van der Waals surface area contributed by atoms with Crippen LogP contribution in [-0.4, -0.2) is 39.8 Å². The SMILES string of the molecule is CCNC(=NCCCNc1ccccc1)Nc1ccc(OC)c(OC)c1. The fourth-order valence-electron chi connectivity index (χ4n) is 2.42. The summed E-state index contributed by atoms with van der Waals surface area (Å²) in [5, 5.41) is 9.94. The van der Waals surface area contributed by atoms with E-state index < -0.39 is 0 Å². The molecule has 0 fully saturated rings. The van der Waals surface area contributed by atoms with Crippen molar-refractivity contribution in [2.75, 3.05) is 44.5 Å². The lowest BCUT2D eigenvalue weighted by atomic mass is 10.2. The molecule has 0 bridgehead atoms. The van der Waals surface area contributed by atoms with Crippen molar-refractivity contribution in [3.8, 4) is 11.5 Å². The lowest BCUT2D eigenvalue weighted by molar-refractivity contribution is 0.355. The van der Waals surface area contributed by atoms with Gasteiger partial charge in [-0.05, 0) is 37.6 Å². The quantitative estimate of drug-likeness (QED) is 0.364. The Labute approximate surface area is 155 Å². The molecule has 0 aromatic heterocycles. The second kappa shape index (κ2) is 10.9. The van der Waals surface area contributed by atoms with Crippen LogP contribution < -0.4 is 25.4 Å². The Hall–Kier alpha value is -2.89. The van der Waals surface area contributed by atoms with Gasteiger partial charge in [-0.1, -0.05) is 18.2 Å². The average molecular weight is 356 g/mol. The molecule has 0 atom stereocenters. The highest BCUT2D eigenvalue weighted by Gasteiger charge is 2.06. The first-order valence-corrected chi connectivity index (χ1v) is 8.83. The summed E-state index contributed by atoms with van der Waals surface area (Å²) in [5.74, 6) is 2.13. The summed E-state index contributed by atoms with van der Waals surface area (Å²) < 4.78 is 10.6. The minimum Gasteiger partial charge on any atom is -0.493 e. The number of hydrogen-bond acceptors (Lipinski definition) is 4. The molecule has 0 aliphatic rings. The lowest BCUT2D eigenvalue weighted by Crippen LogP contribution is -2.30. The van der Waals surface area contributed by atoms with Crippen LogP contribution in [-0.2, 0) is 0 Å². The Kier molecular flexibility index (Phi) is 8.12. The highest BCUT2D eigenvalue weighted by Crippen LogP contribution is 2.29. The minimum atomic E-state index is 0.681. The molecule has 3 N–H and O–H groups in total. The van der Waals surface area contributed by atoms with E-state index in [2.05, 4.69) is 33.1 Å². The van der Waals surface area contributed by atoms with Crippen molar-refractivity contribution in [2.24, 2.45) is 4.99 Å². The number of ether oxygens (including phenoxy) is 2. The maximum atomic E-state index is 5.34. The molecule has 6 heteroatoms. The van der Waals surface area contributed by atoms with Crippen molar-refractivity contribution in [1.29, 1.82) is 0 Å². The monoisotopic (exact) mass is 356 g/mol. The van der Waals surface area contributed by atoms with E-state index >= 15 is 0 Å². The van der Waals surface area contributed by atoms with Crippen LogP contribution in [0.1, 0.15) is 13.3 Å². The third kappa shape index (κ3) is 6.20. The average Bonchev–Trinajstić information content (AvgIpc) is 2.68. The predicted octanol–water partition coefficient (Wildman–Crippen LogP) is 3.58. The van der Waals surface area contributed by atoms with E-state index in [1.54, 1.807) is 14.2 Å². The third-order valence-corrected chi connectivity index (χ3v) is 3.70. The van der Waals surface area contributed by atoms with E-state index in [0.29, 0.717) is 11.5 Å². The first kappa shape index (κ1) is 19.4. The number of hydrogen-bond donors (Lipinski definition) is 3. The molecule has 0 saturated carbocycles. The van der Waals surface area contributed by atoms with Crippen LogP contribution >= 0.6 is 0 Å². The predicted molar refractivity (Wildman–Crippen MR) is 109 cm³/mol. The molecule has 0 spiro atoms. The number of rotatable bonds is 9. The molecule has 6 nitrogen and oxygen atoms in total. The fourth-order valence-corrected chi connectivity index (χ4v) is 2.42. The first-order valence-electron chi connectivity index (χ1n) is 8.83. The Morgan fingerprint density at radius 3 is 2.42 bits per heavy atom. The number of nitrogens with one attached hydrogen (secondary N) is 3. The van der Waals surface area contributed by atoms with Crippen molar-refractivity contribution in [3.05, 3.63) is 48.5 Å². The van der Waals surface area contributed by atoms with Gasteiger partial charge in [0.25, 0.3) is 0 Å². The van der Waals surface area contributed by atoms with E-state index in [4.69, 9.17) is 9.47 Å². The van der Waals surface area contributed by atoms with Gasteiger partial charge in [-0.2, -0.15) is 0 Å². The third-order valence-electron chi connectivity index (χ3n) is 3.70. The molecule has 2 aromatic carbocycles. The van der Waals surface area contributed by atoms with Crippen molar-refractivity contribution in [1.82, 2.24) is 5.32 Å². The summed E-state index contributed by atoms with van der Waals surface area (Å²) in [6.45, 7) is 4.44. The molecular weight excluding hydrogens is 328 g/mol. The molecule has 0 radical (unpaired) electrons. The van der Waals surface area contributed by atoms with Crippen LogP contribution in [0.4, 0.5) is 11.4 Å². The minimum absolute atomic E-state index is 0.681. The van der Waals surface area contributed by atoms with Gasteiger partial charge in [0.1, 0.15) is 0 Å². The van der Waals surface area contributed by atoms with Gasteiger partial charge in [0, 0.05) is 37.1 Å². The molecule has 0 unspecified atom stereocenters. The molecule has 2 aromatic rings. The molecule has 0 aliphatic carbocycles. The van der Waals surface area contributed by atoms with Gasteiger partial charge < -0.3 is 25.4 Å². The Morgan fingerprint density at radius 1 is 0.962 bits per heavy atom. The van der Waals surface area contributed by atoms with Gasteiger partial charge in [0.05, 0.1) is 14.2 Å². The number of aliphatic imine (C=N–C) groups is 1. The Morgan fingerprint density at radius 2 is 1.73 bits per heavy atom. The smallest absolute Gasteiger partial charge is 0.195 e. The first-order chi connectivity index (χ1) is 12.8. The standard InChI is InChI=1S/C20H28N4O2/c1-4-21-20(23-14-8-13-22-16-9-6-5-7-10-16)24-17-11-12-18(25-2)19(15-17)26-3/h5-7,9-12,15,22H,4,8,13-14H2,1-3H3,(H2,21,23,24). The summed E-state index contributed by atoms with van der Waals surface area (Å²) in [6, 6.07) is 15.9. The second-order valence-electron chi connectivity index (χ2n) is 5.60. The van der Waals surface area contributed by atoms with E-state index in [1.165, 1.54) is 0 Å². The molecule has 0 heterocycles. The second-order valence-corrected chi connectivity index (χ2v) is 5.60. The van der Waals surface area contributed by atoms with Crippen molar-refractivity contribution < 1.29 is 9.47 Å². The Bertz CT molecular complexity index is 689. The van der Waals surface area contributed by atoms with Gasteiger partial charge in [-0.25, -0.2) is 0 Å². The van der Waals surface area contributed by atoms with Crippen molar-refractivity contribution in [3.63, 3.8) is 0 Å². The maximum Gasteiger partial charge on any atom is 0.195 e. The zero-order chi connectivity index (χ0) is 18.6. The number of nitrogens with zero attached hydrogens (tertiary/aromatic N) is 1. The number of methoxy groups -OCH3 is 2. The zero-order valence-electron chi connectivity index (χ0n) is 15.7. The molecule has 0 aliphatic heterocycles. The van der Waals surface area contributed by atoms with Gasteiger partial charge in [0.2, 0.25) is 0 Å². The highest BCUT2D eigenvalue weighted by molar-refractivity contribution is 5.93. The highest BCUT2D eigenvalue weighted by atomic mass is 16.5. The number of para-hydroxylation sites is 1. The van der Waals surface area contributed by atoms with Gasteiger partial charge >= 0.3 is 0 Å². The zero-order valence-corrected chi connectivity index (χ0v) is 15.7. The number of benzene rings is 2. The van der Waals surface area contributed by atoms with Crippen molar-refractivity contribution >= 4 is 17.3 Å². The maximum absolute atomic E-state index is 5.34. The Balaban J connectivity index is 1.88. The van der Waals surface area contributed by atoms with Gasteiger partial charge in [-0.3, -0.25) is 4.99 Å². The number of anilines is 2. The lowest BCUT2D eigenvalue weighted by Gasteiger charge is -2.14. The molecule has 140 valence electrons. The van der Waals surface area contributed by atoms with Crippen molar-refractivity contribution in [2.45, 2.75) is 13.3 Å². The molecular formula is C20H28N4O2. The summed E-state index contributed by atoms with van der Waals surface area (Å²) in [6.07, 6.45) is 0.942. The van der Waals surface area contributed by atoms with Crippen LogP contribution in [0.15, 0.2) is 53.5 Å². The fraction of sp³-hybridized carbons (Fsp3) is 0.350. The summed E-state index contributed by atoms with van der Waals surface area (Å²) in [7, 11) is 3.25. The topological polar surface area (TPSA) is 66.9 Å². The van der Waals surface area contributed by atoms with Crippen LogP contribution in [0.2, 0.25) is 0 Å².